The maximum atomic E-state index is 14.0. The molecule has 3 rings (SSSR count). The van der Waals surface area contributed by atoms with Crippen LogP contribution in [0.15, 0.2) is 48.5 Å². The number of hydrogen-bond donors (Lipinski definition) is 1. The number of amides is 2. The first-order chi connectivity index (χ1) is 15.3. The highest BCUT2D eigenvalue weighted by Gasteiger charge is 2.41. The molecule has 0 saturated carbocycles. The van der Waals surface area contributed by atoms with E-state index in [0.717, 1.165) is 0 Å². The second-order valence-electron chi connectivity index (χ2n) is 7.28. The molecule has 0 unspecified atom stereocenters. The van der Waals surface area contributed by atoms with Crippen LogP contribution in [-0.2, 0) is 20.7 Å². The molecular formula is C23H24FN3O4S. The first-order valence-corrected chi connectivity index (χ1v) is 10.6. The van der Waals surface area contributed by atoms with E-state index in [-0.39, 0.29) is 30.7 Å². The van der Waals surface area contributed by atoms with Crippen molar-refractivity contribution < 1.29 is 23.5 Å². The van der Waals surface area contributed by atoms with Crippen LogP contribution in [0.5, 0.6) is 0 Å². The van der Waals surface area contributed by atoms with Gasteiger partial charge in [-0.05, 0) is 61.5 Å². The number of halogens is 1. The van der Waals surface area contributed by atoms with Gasteiger partial charge in [-0.1, -0.05) is 18.2 Å². The summed E-state index contributed by atoms with van der Waals surface area (Å²) in [4.78, 5) is 40.0. The Balaban J connectivity index is 1.64. The van der Waals surface area contributed by atoms with Crippen LogP contribution in [0.3, 0.4) is 0 Å². The predicted molar refractivity (Wildman–Crippen MR) is 122 cm³/mol. The topological polar surface area (TPSA) is 78.9 Å². The van der Waals surface area contributed by atoms with Gasteiger partial charge in [0.2, 0.25) is 5.91 Å². The van der Waals surface area contributed by atoms with Crippen molar-refractivity contribution in [1.82, 2.24) is 9.80 Å². The number of rotatable bonds is 8. The molecule has 0 aromatic heterocycles. The minimum atomic E-state index is -0.766. The summed E-state index contributed by atoms with van der Waals surface area (Å²) in [5.41, 5.74) is 1.38. The predicted octanol–water partition coefficient (Wildman–Crippen LogP) is 3.00. The molecule has 1 fully saturated rings. The Morgan fingerprint density at radius 1 is 1.16 bits per heavy atom. The number of carbonyl (C=O) groups excluding carboxylic acids is 3. The molecule has 1 N–H and O–H groups in total. The van der Waals surface area contributed by atoms with Crippen LogP contribution in [0.25, 0.3) is 0 Å². The SMILES string of the molecule is CCOC(=O)c1ccc(NC(=O)C[C@H]2C(=O)N(C)C(=S)N2CCc2ccccc2F)cc1. The molecule has 2 amide bonds. The molecule has 1 heterocycles. The van der Waals surface area contributed by atoms with Gasteiger partial charge in [-0.2, -0.15) is 0 Å². The zero-order valence-corrected chi connectivity index (χ0v) is 18.7. The van der Waals surface area contributed by atoms with E-state index in [0.29, 0.717) is 34.9 Å². The number of thiocarbonyl (C=S) groups is 1. The Morgan fingerprint density at radius 3 is 2.50 bits per heavy atom. The lowest BCUT2D eigenvalue weighted by Crippen LogP contribution is -2.39. The highest BCUT2D eigenvalue weighted by Crippen LogP contribution is 2.21. The van der Waals surface area contributed by atoms with Crippen molar-refractivity contribution >= 4 is 40.8 Å². The van der Waals surface area contributed by atoms with Gasteiger partial charge in [-0.25, -0.2) is 9.18 Å². The van der Waals surface area contributed by atoms with Gasteiger partial charge in [0.25, 0.3) is 5.91 Å². The number of benzene rings is 2. The number of hydrogen-bond acceptors (Lipinski definition) is 5. The molecule has 1 aliphatic heterocycles. The van der Waals surface area contributed by atoms with Gasteiger partial charge < -0.3 is 15.0 Å². The van der Waals surface area contributed by atoms with E-state index in [1.54, 1.807) is 61.3 Å². The maximum Gasteiger partial charge on any atom is 0.338 e. The van der Waals surface area contributed by atoms with E-state index >= 15 is 0 Å². The summed E-state index contributed by atoms with van der Waals surface area (Å²) in [6.07, 6.45) is 0.238. The molecule has 2 aromatic rings. The molecule has 168 valence electrons. The fourth-order valence-electron chi connectivity index (χ4n) is 3.46. The number of likely N-dealkylation sites (N-methyl/N-ethyl adjacent to an activating group) is 1. The third-order valence-corrected chi connectivity index (χ3v) is 5.67. The van der Waals surface area contributed by atoms with Crippen LogP contribution in [0, 0.1) is 5.82 Å². The zero-order valence-electron chi connectivity index (χ0n) is 17.8. The smallest absolute Gasteiger partial charge is 0.338 e. The highest BCUT2D eigenvalue weighted by atomic mass is 32.1. The van der Waals surface area contributed by atoms with Crippen molar-refractivity contribution in [2.45, 2.75) is 25.8 Å². The van der Waals surface area contributed by atoms with Gasteiger partial charge >= 0.3 is 5.97 Å². The van der Waals surface area contributed by atoms with Crippen LogP contribution >= 0.6 is 12.2 Å². The van der Waals surface area contributed by atoms with E-state index in [9.17, 15) is 18.8 Å². The number of nitrogens with zero attached hydrogens (tertiary/aromatic N) is 2. The van der Waals surface area contributed by atoms with E-state index in [2.05, 4.69) is 5.32 Å². The molecule has 32 heavy (non-hydrogen) atoms. The van der Waals surface area contributed by atoms with Crippen molar-refractivity contribution in [3.63, 3.8) is 0 Å². The summed E-state index contributed by atoms with van der Waals surface area (Å²) >= 11 is 5.37. The van der Waals surface area contributed by atoms with E-state index in [1.165, 1.54) is 11.0 Å². The molecule has 9 heteroatoms. The van der Waals surface area contributed by atoms with E-state index in [4.69, 9.17) is 17.0 Å². The Bertz CT molecular complexity index is 1030. The molecule has 0 radical (unpaired) electrons. The van der Waals surface area contributed by atoms with Crippen molar-refractivity contribution in [2.24, 2.45) is 0 Å². The fourth-order valence-corrected chi connectivity index (χ4v) is 3.77. The Kier molecular flexibility index (Phi) is 7.53. The summed E-state index contributed by atoms with van der Waals surface area (Å²) in [5.74, 6) is -1.42. The lowest BCUT2D eigenvalue weighted by molar-refractivity contribution is -0.130. The Labute approximate surface area is 191 Å². The average molecular weight is 458 g/mol. The third kappa shape index (κ3) is 5.28. The van der Waals surface area contributed by atoms with Gasteiger partial charge in [0, 0.05) is 19.3 Å². The lowest BCUT2D eigenvalue weighted by Gasteiger charge is -2.23. The highest BCUT2D eigenvalue weighted by molar-refractivity contribution is 7.80. The van der Waals surface area contributed by atoms with Crippen LogP contribution < -0.4 is 5.32 Å². The van der Waals surface area contributed by atoms with Crippen LogP contribution in [-0.4, -0.2) is 58.9 Å². The fraction of sp³-hybridized carbons (Fsp3) is 0.304. The first-order valence-electron chi connectivity index (χ1n) is 10.2. The minimum absolute atomic E-state index is 0.111. The number of anilines is 1. The molecule has 1 saturated heterocycles. The van der Waals surface area contributed by atoms with Crippen LogP contribution in [0.1, 0.15) is 29.3 Å². The maximum absolute atomic E-state index is 14.0. The quantitative estimate of drug-likeness (QED) is 0.485. The largest absolute Gasteiger partial charge is 0.462 e. The summed E-state index contributed by atoms with van der Waals surface area (Å²) in [6.45, 7) is 2.30. The average Bonchev–Trinajstić information content (AvgIpc) is 2.97. The van der Waals surface area contributed by atoms with Crippen molar-refractivity contribution in [3.8, 4) is 0 Å². The van der Waals surface area contributed by atoms with Gasteiger partial charge in [0.1, 0.15) is 11.9 Å². The molecule has 0 aliphatic carbocycles. The van der Waals surface area contributed by atoms with E-state index < -0.39 is 12.0 Å². The molecule has 0 spiro atoms. The second kappa shape index (κ2) is 10.3. The van der Waals surface area contributed by atoms with Gasteiger partial charge in [0.15, 0.2) is 5.11 Å². The van der Waals surface area contributed by atoms with Crippen molar-refractivity contribution in [2.75, 3.05) is 25.5 Å². The summed E-state index contributed by atoms with van der Waals surface area (Å²) in [6, 6.07) is 11.9. The number of nitrogens with one attached hydrogen (secondary N) is 1. The van der Waals surface area contributed by atoms with Crippen molar-refractivity contribution in [1.29, 1.82) is 0 Å². The molecular weight excluding hydrogens is 433 g/mol. The summed E-state index contributed by atoms with van der Waals surface area (Å²) < 4.78 is 18.9. The van der Waals surface area contributed by atoms with Gasteiger partial charge in [-0.15, -0.1) is 0 Å². The number of esters is 1. The standard InChI is InChI=1S/C23H24FN3O4S/c1-3-31-22(30)16-8-10-17(11-9-16)25-20(28)14-19-21(29)26(2)23(32)27(19)13-12-15-6-4-5-7-18(15)24/h4-11,19H,3,12-14H2,1-2H3,(H,25,28)/t19-/m0/s1. The number of carbonyl (C=O) groups is 3. The summed E-state index contributed by atoms with van der Waals surface area (Å²) in [7, 11) is 1.56. The third-order valence-electron chi connectivity index (χ3n) is 5.16. The van der Waals surface area contributed by atoms with Gasteiger partial charge in [-0.3, -0.25) is 14.5 Å². The first kappa shape index (κ1) is 23.3. The second-order valence-corrected chi connectivity index (χ2v) is 7.65. The van der Waals surface area contributed by atoms with Crippen LogP contribution in [0.4, 0.5) is 10.1 Å². The minimum Gasteiger partial charge on any atom is -0.462 e. The number of ether oxygens (including phenoxy) is 1. The van der Waals surface area contributed by atoms with Crippen LogP contribution in [0.2, 0.25) is 0 Å². The molecule has 0 bridgehead atoms. The van der Waals surface area contributed by atoms with Gasteiger partial charge in [0.05, 0.1) is 18.6 Å². The Morgan fingerprint density at radius 2 is 1.84 bits per heavy atom. The zero-order chi connectivity index (χ0) is 23.3. The molecule has 1 aliphatic rings. The normalized spacial score (nSPS) is 15.8. The lowest BCUT2D eigenvalue weighted by atomic mass is 10.1. The van der Waals surface area contributed by atoms with Crippen molar-refractivity contribution in [3.05, 3.63) is 65.5 Å². The Hall–Kier alpha value is -3.33. The van der Waals surface area contributed by atoms with E-state index in [1.807, 2.05) is 0 Å². The molecule has 2 aromatic carbocycles. The molecule has 7 nitrogen and oxygen atoms in total. The summed E-state index contributed by atoms with van der Waals surface area (Å²) in [5, 5.41) is 3.04. The molecule has 1 atom stereocenters. The monoisotopic (exact) mass is 457 g/mol.